The van der Waals surface area contributed by atoms with Gasteiger partial charge in [0, 0.05) is 6.54 Å². The molecule has 3 nitrogen and oxygen atoms in total. The molecule has 0 unspecified atom stereocenters. The zero-order valence-electron chi connectivity index (χ0n) is 12.8. The zero-order chi connectivity index (χ0) is 14.8. The molecule has 0 aromatic heterocycles. The van der Waals surface area contributed by atoms with Crippen LogP contribution in [0.25, 0.3) is 0 Å². The highest BCUT2D eigenvalue weighted by molar-refractivity contribution is 5.66. The average Bonchev–Trinajstić information content (AvgIpc) is 3.02. The van der Waals surface area contributed by atoms with Gasteiger partial charge in [-0.3, -0.25) is 0 Å². The predicted octanol–water partition coefficient (Wildman–Crippen LogP) is 4.33. The standard InChI is InChI=1S/C18H26NO2/c20-18(19-14-6-12-16-10-4-5-11-16)21-15-7-13-17-8-2-1-3-9-17/h1-3,8-9,16H,4-7,10-15H2. The Balaban J connectivity index is 1.44. The van der Waals surface area contributed by atoms with Gasteiger partial charge < -0.3 is 4.74 Å². The van der Waals surface area contributed by atoms with Gasteiger partial charge in [-0.15, -0.1) is 0 Å². The van der Waals surface area contributed by atoms with Crippen molar-refractivity contribution in [2.75, 3.05) is 13.2 Å². The van der Waals surface area contributed by atoms with Crippen molar-refractivity contribution in [3.63, 3.8) is 0 Å². The topological polar surface area (TPSA) is 40.4 Å². The highest BCUT2D eigenvalue weighted by Crippen LogP contribution is 2.28. The first-order valence-electron chi connectivity index (χ1n) is 8.23. The summed E-state index contributed by atoms with van der Waals surface area (Å²) in [7, 11) is 0. The zero-order valence-corrected chi connectivity index (χ0v) is 12.8. The Morgan fingerprint density at radius 2 is 1.90 bits per heavy atom. The number of carbonyl (C=O) groups excluding carboxylic acids is 1. The molecule has 0 bridgehead atoms. The Morgan fingerprint density at radius 1 is 1.14 bits per heavy atom. The van der Waals surface area contributed by atoms with Crippen molar-refractivity contribution < 1.29 is 9.53 Å². The van der Waals surface area contributed by atoms with Gasteiger partial charge in [0.25, 0.3) is 0 Å². The summed E-state index contributed by atoms with van der Waals surface area (Å²) in [4.78, 5) is 11.5. The van der Waals surface area contributed by atoms with Crippen molar-refractivity contribution in [1.29, 1.82) is 0 Å². The molecule has 1 amide bonds. The molecule has 1 radical (unpaired) electrons. The normalized spacial score (nSPS) is 15.0. The number of nitrogens with zero attached hydrogens (tertiary/aromatic N) is 1. The van der Waals surface area contributed by atoms with Crippen LogP contribution in [0.1, 0.15) is 50.5 Å². The number of aryl methyl sites for hydroxylation is 1. The van der Waals surface area contributed by atoms with Crippen LogP contribution in [0.15, 0.2) is 30.3 Å². The molecule has 0 saturated heterocycles. The van der Waals surface area contributed by atoms with Gasteiger partial charge in [-0.05, 0) is 37.2 Å². The number of hydrogen-bond donors (Lipinski definition) is 0. The van der Waals surface area contributed by atoms with E-state index in [1.54, 1.807) is 0 Å². The minimum Gasteiger partial charge on any atom is -0.448 e. The molecule has 0 spiro atoms. The lowest BCUT2D eigenvalue weighted by atomic mass is 10.0. The monoisotopic (exact) mass is 288 g/mol. The van der Waals surface area contributed by atoms with E-state index in [-0.39, 0.29) is 0 Å². The molecule has 0 N–H and O–H groups in total. The second kappa shape index (κ2) is 9.43. The largest absolute Gasteiger partial charge is 0.448 e. The molecule has 3 heteroatoms. The molecule has 1 aliphatic rings. The highest BCUT2D eigenvalue weighted by Gasteiger charge is 2.14. The molecular weight excluding hydrogens is 262 g/mol. The number of ether oxygens (including phenoxy) is 1. The maximum atomic E-state index is 11.5. The molecular formula is C18H26NO2. The number of hydrogen-bond acceptors (Lipinski definition) is 2. The molecule has 1 aliphatic carbocycles. The minimum atomic E-state index is -0.394. The summed E-state index contributed by atoms with van der Waals surface area (Å²) in [5.41, 5.74) is 1.28. The summed E-state index contributed by atoms with van der Waals surface area (Å²) in [5, 5.41) is 3.97. The molecule has 0 aliphatic heterocycles. The van der Waals surface area contributed by atoms with Crippen LogP contribution in [0.2, 0.25) is 0 Å². The van der Waals surface area contributed by atoms with E-state index in [9.17, 15) is 4.79 Å². The molecule has 1 fully saturated rings. The minimum absolute atomic E-state index is 0.394. The van der Waals surface area contributed by atoms with Crippen LogP contribution >= 0.6 is 0 Å². The van der Waals surface area contributed by atoms with Crippen molar-refractivity contribution >= 4 is 6.09 Å². The summed E-state index contributed by atoms with van der Waals surface area (Å²) in [6, 6.07) is 10.3. The second-order valence-corrected chi connectivity index (χ2v) is 5.88. The van der Waals surface area contributed by atoms with Crippen LogP contribution < -0.4 is 5.32 Å². The number of benzene rings is 1. The van der Waals surface area contributed by atoms with E-state index in [0.717, 1.165) is 25.2 Å². The Hall–Kier alpha value is -1.51. The van der Waals surface area contributed by atoms with Gasteiger partial charge in [0.2, 0.25) is 0 Å². The Bertz CT molecular complexity index is 399. The molecule has 115 valence electrons. The Morgan fingerprint density at radius 3 is 2.67 bits per heavy atom. The molecule has 21 heavy (non-hydrogen) atoms. The third-order valence-corrected chi connectivity index (χ3v) is 4.16. The van der Waals surface area contributed by atoms with E-state index in [4.69, 9.17) is 4.74 Å². The van der Waals surface area contributed by atoms with Crippen LogP contribution in [-0.2, 0) is 11.2 Å². The van der Waals surface area contributed by atoms with Gasteiger partial charge in [0.15, 0.2) is 0 Å². The van der Waals surface area contributed by atoms with Crippen LogP contribution in [0, 0.1) is 5.92 Å². The fourth-order valence-corrected chi connectivity index (χ4v) is 2.98. The van der Waals surface area contributed by atoms with Crippen LogP contribution in [0.5, 0.6) is 0 Å². The maximum Gasteiger partial charge on any atom is 0.428 e. The summed E-state index contributed by atoms with van der Waals surface area (Å²) >= 11 is 0. The quantitative estimate of drug-likeness (QED) is 0.668. The fourth-order valence-electron chi connectivity index (χ4n) is 2.98. The van der Waals surface area contributed by atoms with Crippen LogP contribution in [0.3, 0.4) is 0 Å². The van der Waals surface area contributed by atoms with Crippen molar-refractivity contribution in [1.82, 2.24) is 5.32 Å². The van der Waals surface area contributed by atoms with Crippen LogP contribution in [-0.4, -0.2) is 19.2 Å². The number of rotatable bonds is 8. The van der Waals surface area contributed by atoms with Gasteiger partial charge in [-0.25, -0.2) is 10.1 Å². The summed E-state index contributed by atoms with van der Waals surface area (Å²) in [5.74, 6) is 0.877. The molecule has 1 aromatic carbocycles. The summed E-state index contributed by atoms with van der Waals surface area (Å²) in [6.45, 7) is 1.08. The van der Waals surface area contributed by atoms with Gasteiger partial charge in [-0.2, -0.15) is 0 Å². The highest BCUT2D eigenvalue weighted by atomic mass is 16.5. The lowest BCUT2D eigenvalue weighted by Gasteiger charge is -2.08. The number of carbonyl (C=O) groups is 1. The average molecular weight is 288 g/mol. The predicted molar refractivity (Wildman–Crippen MR) is 84.3 cm³/mol. The lowest BCUT2D eigenvalue weighted by molar-refractivity contribution is 0.143. The lowest BCUT2D eigenvalue weighted by Crippen LogP contribution is -2.19. The van der Waals surface area contributed by atoms with E-state index in [2.05, 4.69) is 17.4 Å². The van der Waals surface area contributed by atoms with Gasteiger partial charge in [0.05, 0.1) is 6.61 Å². The third-order valence-electron chi connectivity index (χ3n) is 4.16. The molecule has 2 rings (SSSR count). The van der Waals surface area contributed by atoms with E-state index in [1.165, 1.54) is 37.7 Å². The van der Waals surface area contributed by atoms with Gasteiger partial charge in [-0.1, -0.05) is 56.0 Å². The Labute approximate surface area is 128 Å². The number of amides is 1. The SMILES string of the molecule is O=C([N]CCCC1CCCC1)OCCCc1ccccc1. The first-order valence-corrected chi connectivity index (χ1v) is 8.23. The summed E-state index contributed by atoms with van der Waals surface area (Å²) < 4.78 is 5.13. The summed E-state index contributed by atoms with van der Waals surface area (Å²) in [6.07, 6.45) is 9.12. The second-order valence-electron chi connectivity index (χ2n) is 5.88. The van der Waals surface area contributed by atoms with Gasteiger partial charge in [0.1, 0.15) is 0 Å². The first kappa shape index (κ1) is 15.9. The third kappa shape index (κ3) is 6.65. The van der Waals surface area contributed by atoms with Gasteiger partial charge >= 0.3 is 6.09 Å². The van der Waals surface area contributed by atoms with E-state index in [0.29, 0.717) is 13.2 Å². The first-order chi connectivity index (χ1) is 10.3. The van der Waals surface area contributed by atoms with Crippen molar-refractivity contribution in [2.45, 2.75) is 51.4 Å². The van der Waals surface area contributed by atoms with E-state index < -0.39 is 6.09 Å². The molecule has 1 aromatic rings. The molecule has 0 atom stereocenters. The maximum absolute atomic E-state index is 11.5. The van der Waals surface area contributed by atoms with Crippen molar-refractivity contribution in [2.24, 2.45) is 5.92 Å². The Kier molecular flexibility index (Phi) is 7.13. The van der Waals surface area contributed by atoms with E-state index >= 15 is 0 Å². The van der Waals surface area contributed by atoms with Crippen molar-refractivity contribution in [3.8, 4) is 0 Å². The van der Waals surface area contributed by atoms with E-state index in [1.807, 2.05) is 18.2 Å². The van der Waals surface area contributed by atoms with Crippen molar-refractivity contribution in [3.05, 3.63) is 35.9 Å². The smallest absolute Gasteiger partial charge is 0.428 e. The van der Waals surface area contributed by atoms with Crippen LogP contribution in [0.4, 0.5) is 4.79 Å². The molecule has 1 saturated carbocycles. The fraction of sp³-hybridized carbons (Fsp3) is 0.611. The molecule has 0 heterocycles.